The van der Waals surface area contributed by atoms with E-state index in [9.17, 15) is 19.5 Å². The number of carbonyl (C=O) groups excluding carboxylic acids is 2. The van der Waals surface area contributed by atoms with Crippen LogP contribution in [0.15, 0.2) is 0 Å². The minimum Gasteiger partial charge on any atom is -0.435 e. The molecule has 1 saturated heterocycles. The van der Waals surface area contributed by atoms with E-state index in [0.717, 1.165) is 24.6 Å². The molecule has 0 saturated carbocycles. The van der Waals surface area contributed by atoms with Gasteiger partial charge in [0.05, 0.1) is 12.5 Å². The molecule has 1 aliphatic rings. The van der Waals surface area contributed by atoms with Crippen molar-refractivity contribution in [3.8, 4) is 0 Å². The molecule has 1 rings (SSSR count). The molecule has 1 fully saturated rings. The van der Waals surface area contributed by atoms with Crippen molar-refractivity contribution < 1.29 is 24.0 Å². The third kappa shape index (κ3) is 3.56. The Hall–Kier alpha value is -0.530. The number of thioether (sulfide) groups is 2. The summed E-state index contributed by atoms with van der Waals surface area (Å²) >= 11 is 2.61. The Morgan fingerprint density at radius 3 is 2.40 bits per heavy atom. The van der Waals surface area contributed by atoms with Crippen LogP contribution in [-0.2, 0) is 9.59 Å². The smallest absolute Gasteiger partial charge is 0.435 e. The number of rotatable bonds is 5. The fourth-order valence-electron chi connectivity index (χ4n) is 2.72. The van der Waals surface area contributed by atoms with Crippen LogP contribution in [0, 0.1) is 5.92 Å². The Morgan fingerprint density at radius 2 is 2.00 bits per heavy atom. The second kappa shape index (κ2) is 7.47. The molecule has 5 nitrogen and oxygen atoms in total. The Bertz CT molecular complexity index is 402. The minimum atomic E-state index is -1.06. The first kappa shape index (κ1) is 17.5. The highest BCUT2D eigenvalue weighted by molar-refractivity contribution is 8.13. The highest BCUT2D eigenvalue weighted by Crippen LogP contribution is 2.31. The predicted molar refractivity (Wildman–Crippen MR) is 81.9 cm³/mol. The van der Waals surface area contributed by atoms with Gasteiger partial charge >= 0.3 is 12.0 Å². The summed E-state index contributed by atoms with van der Waals surface area (Å²) in [4.78, 5) is 35.6. The van der Waals surface area contributed by atoms with Gasteiger partial charge in [-0.3, -0.25) is 4.79 Å². The molecule has 1 heterocycles. The summed E-state index contributed by atoms with van der Waals surface area (Å²) in [6, 6.07) is -0.188. The van der Waals surface area contributed by atoms with E-state index in [1.165, 1.54) is 18.7 Å². The lowest BCUT2D eigenvalue weighted by molar-refractivity contribution is -0.793. The third-order valence-corrected chi connectivity index (χ3v) is 5.54. The molecule has 0 aromatic carbocycles. The zero-order chi connectivity index (χ0) is 15.3. The minimum absolute atomic E-state index is 0.0414. The van der Waals surface area contributed by atoms with Gasteiger partial charge in [0.15, 0.2) is 5.12 Å². The first-order valence-electron chi connectivity index (χ1n) is 6.64. The standard InChI is InChI=1S/C13H21NO4S2/c1-9-5-4-6-14(9,13(17)18)12(16)11(7-19-3)8-20-10(2)15/h9,11H,4-8H2,1-3H3/p+1/t9-,11?,14?/m1/s1. The van der Waals surface area contributed by atoms with Gasteiger partial charge in [0.25, 0.3) is 0 Å². The average molecular weight is 320 g/mol. The number of hydrogen-bond donors (Lipinski definition) is 1. The number of imide groups is 1. The van der Waals surface area contributed by atoms with Crippen LogP contribution in [0.3, 0.4) is 0 Å². The lowest BCUT2D eigenvalue weighted by atomic mass is 10.1. The van der Waals surface area contributed by atoms with E-state index in [-0.39, 0.29) is 17.1 Å². The van der Waals surface area contributed by atoms with E-state index in [1.807, 2.05) is 13.2 Å². The van der Waals surface area contributed by atoms with Gasteiger partial charge in [-0.05, 0) is 13.2 Å². The lowest BCUT2D eigenvalue weighted by Gasteiger charge is -2.32. The molecule has 0 aliphatic carbocycles. The van der Waals surface area contributed by atoms with E-state index in [2.05, 4.69) is 0 Å². The van der Waals surface area contributed by atoms with Gasteiger partial charge in [0, 0.05) is 31.3 Å². The van der Waals surface area contributed by atoms with E-state index in [0.29, 0.717) is 18.1 Å². The summed E-state index contributed by atoms with van der Waals surface area (Å²) in [7, 11) is 0. The van der Waals surface area contributed by atoms with Crippen molar-refractivity contribution >= 4 is 40.6 Å². The van der Waals surface area contributed by atoms with Gasteiger partial charge in [0.2, 0.25) is 0 Å². The quantitative estimate of drug-likeness (QED) is 0.785. The molecule has 3 atom stereocenters. The Morgan fingerprint density at radius 1 is 1.35 bits per heavy atom. The van der Waals surface area contributed by atoms with Gasteiger partial charge in [-0.15, -0.1) is 0 Å². The van der Waals surface area contributed by atoms with Crippen molar-refractivity contribution in [3.63, 3.8) is 0 Å². The second-order valence-corrected chi connectivity index (χ2v) is 7.27. The highest BCUT2D eigenvalue weighted by Gasteiger charge is 2.54. The molecule has 20 heavy (non-hydrogen) atoms. The summed E-state index contributed by atoms with van der Waals surface area (Å²) in [6.07, 6.45) is 2.34. The molecule has 0 aromatic rings. The molecule has 2 unspecified atom stereocenters. The molecular formula is C13H22NO4S2+. The number of amides is 2. The molecule has 2 amide bonds. The number of quaternary nitrogens is 1. The first-order valence-corrected chi connectivity index (χ1v) is 9.02. The molecule has 0 spiro atoms. The van der Waals surface area contributed by atoms with Crippen LogP contribution in [0.25, 0.3) is 0 Å². The van der Waals surface area contributed by atoms with Crippen LogP contribution in [0.2, 0.25) is 0 Å². The van der Waals surface area contributed by atoms with Crippen LogP contribution in [0.5, 0.6) is 0 Å². The van der Waals surface area contributed by atoms with E-state index < -0.39 is 16.5 Å². The summed E-state index contributed by atoms with van der Waals surface area (Å²) in [6.45, 7) is 3.66. The Labute approximate surface area is 128 Å². The fraction of sp³-hybridized carbons (Fsp3) is 0.769. The monoisotopic (exact) mass is 320 g/mol. The van der Waals surface area contributed by atoms with Gasteiger partial charge in [-0.25, -0.2) is 4.79 Å². The normalized spacial score (nSPS) is 27.2. The number of nitrogens with zero attached hydrogens (tertiary/aromatic N) is 1. The van der Waals surface area contributed by atoms with Crippen molar-refractivity contribution in [2.75, 3.05) is 24.3 Å². The predicted octanol–water partition coefficient (Wildman–Crippen LogP) is 2.45. The largest absolute Gasteiger partial charge is 0.521 e. The summed E-state index contributed by atoms with van der Waals surface area (Å²) < 4.78 is -0.469. The van der Waals surface area contributed by atoms with Crippen LogP contribution in [-0.4, -0.2) is 57.1 Å². The number of carbonyl (C=O) groups is 3. The maximum absolute atomic E-state index is 12.8. The molecule has 0 bridgehead atoms. The molecular weight excluding hydrogens is 298 g/mol. The molecule has 0 radical (unpaired) electrons. The molecule has 0 aromatic heterocycles. The zero-order valence-corrected chi connectivity index (χ0v) is 13.8. The number of hydrogen-bond acceptors (Lipinski definition) is 5. The third-order valence-electron chi connectivity index (χ3n) is 3.82. The van der Waals surface area contributed by atoms with Crippen LogP contribution >= 0.6 is 23.5 Å². The summed E-state index contributed by atoms with van der Waals surface area (Å²) in [5, 5.41) is 9.53. The van der Waals surface area contributed by atoms with Crippen molar-refractivity contribution in [2.45, 2.75) is 32.7 Å². The number of likely N-dealkylation sites (tertiary alicyclic amines) is 1. The van der Waals surface area contributed by atoms with Crippen LogP contribution in [0.1, 0.15) is 26.7 Å². The Kier molecular flexibility index (Phi) is 6.54. The zero-order valence-electron chi connectivity index (χ0n) is 12.1. The van der Waals surface area contributed by atoms with Gasteiger partial charge < -0.3 is 5.11 Å². The average Bonchev–Trinajstić information content (AvgIpc) is 2.76. The van der Waals surface area contributed by atoms with Crippen molar-refractivity contribution in [2.24, 2.45) is 5.92 Å². The van der Waals surface area contributed by atoms with E-state index in [4.69, 9.17) is 0 Å². The first-order chi connectivity index (χ1) is 9.36. The van der Waals surface area contributed by atoms with Crippen molar-refractivity contribution in [3.05, 3.63) is 0 Å². The molecule has 114 valence electrons. The maximum atomic E-state index is 12.8. The topological polar surface area (TPSA) is 71.4 Å². The maximum Gasteiger partial charge on any atom is 0.521 e. The van der Waals surface area contributed by atoms with E-state index in [1.54, 1.807) is 0 Å². The molecule has 1 N–H and O–H groups in total. The molecule has 1 aliphatic heterocycles. The fourth-order valence-corrected chi connectivity index (χ4v) is 4.23. The summed E-state index contributed by atoms with van der Waals surface area (Å²) in [5.41, 5.74) is 0. The summed E-state index contributed by atoms with van der Waals surface area (Å²) in [5.74, 6) is 0.287. The van der Waals surface area contributed by atoms with Gasteiger partial charge in [0.1, 0.15) is 6.04 Å². The SMILES string of the molecule is CSCC(CSC(C)=O)C(=O)[N+]1(C(=O)O)CCC[C@H]1C. The van der Waals surface area contributed by atoms with Crippen molar-refractivity contribution in [1.29, 1.82) is 0 Å². The van der Waals surface area contributed by atoms with Gasteiger partial charge in [-0.1, -0.05) is 11.8 Å². The van der Waals surface area contributed by atoms with Gasteiger partial charge in [-0.2, -0.15) is 21.0 Å². The van der Waals surface area contributed by atoms with Crippen LogP contribution in [0.4, 0.5) is 4.79 Å². The lowest BCUT2D eigenvalue weighted by Crippen LogP contribution is -2.61. The van der Waals surface area contributed by atoms with E-state index >= 15 is 0 Å². The molecule has 7 heteroatoms. The second-order valence-electron chi connectivity index (χ2n) is 5.16. The highest BCUT2D eigenvalue weighted by atomic mass is 32.2. The van der Waals surface area contributed by atoms with Crippen LogP contribution < -0.4 is 0 Å². The Balaban J connectivity index is 2.95. The van der Waals surface area contributed by atoms with Crippen molar-refractivity contribution in [1.82, 2.24) is 0 Å². The number of carboxylic acid groups (broad SMARTS) is 1.